The zero-order valence-electron chi connectivity index (χ0n) is 19.3. The Kier molecular flexibility index (Phi) is 7.85. The van der Waals surface area contributed by atoms with Crippen LogP contribution in [-0.4, -0.2) is 35.0 Å². The van der Waals surface area contributed by atoms with Crippen LogP contribution in [0.5, 0.6) is 0 Å². The van der Waals surface area contributed by atoms with Crippen LogP contribution >= 0.6 is 0 Å². The van der Waals surface area contributed by atoms with E-state index in [4.69, 9.17) is 4.74 Å². The topological polar surface area (TPSA) is 66.8 Å². The molecule has 174 valence electrons. The van der Waals surface area contributed by atoms with Gasteiger partial charge in [-0.2, -0.15) is 0 Å². The van der Waals surface area contributed by atoms with Crippen LogP contribution in [0.2, 0.25) is 0 Å². The molecule has 1 aromatic rings. The molecule has 0 amide bonds. The summed E-state index contributed by atoms with van der Waals surface area (Å²) >= 11 is 0. The Labute approximate surface area is 192 Å². The SMILES string of the molecule is CCCOC(=O)c1cccc(C=C2CC[C@H]3[C@@H](/C=C/[C@@H](O)C4CCCCC4)[C@H](O)C[C@@H]23)c1. The number of fused-ring (bicyclic) bond motifs is 1. The van der Waals surface area contributed by atoms with Gasteiger partial charge in [-0.1, -0.05) is 62.1 Å². The van der Waals surface area contributed by atoms with E-state index in [9.17, 15) is 15.0 Å². The lowest BCUT2D eigenvalue weighted by atomic mass is 9.84. The lowest BCUT2D eigenvalue weighted by Crippen LogP contribution is -2.22. The second-order valence-corrected chi connectivity index (χ2v) is 9.94. The third-order valence-corrected chi connectivity index (χ3v) is 7.77. The molecule has 0 bridgehead atoms. The number of aliphatic hydroxyl groups is 2. The van der Waals surface area contributed by atoms with Gasteiger partial charge >= 0.3 is 5.97 Å². The van der Waals surface area contributed by atoms with Gasteiger partial charge in [0.05, 0.1) is 24.4 Å². The number of benzene rings is 1. The van der Waals surface area contributed by atoms with Crippen LogP contribution in [0, 0.1) is 23.7 Å². The Morgan fingerprint density at radius 1 is 1.22 bits per heavy atom. The smallest absolute Gasteiger partial charge is 0.338 e. The van der Waals surface area contributed by atoms with Gasteiger partial charge in [0.1, 0.15) is 0 Å². The maximum absolute atomic E-state index is 12.2. The Bertz CT molecular complexity index is 836. The number of carbonyl (C=O) groups excluding carboxylic acids is 1. The third kappa shape index (κ3) is 5.35. The van der Waals surface area contributed by atoms with Crippen molar-refractivity contribution in [3.63, 3.8) is 0 Å². The van der Waals surface area contributed by atoms with Crippen LogP contribution in [0.4, 0.5) is 0 Å². The molecule has 3 aliphatic rings. The van der Waals surface area contributed by atoms with Crippen LogP contribution < -0.4 is 0 Å². The molecule has 0 aromatic heterocycles. The normalized spacial score (nSPS) is 30.7. The van der Waals surface area contributed by atoms with Crippen LogP contribution in [0.3, 0.4) is 0 Å². The van der Waals surface area contributed by atoms with Crippen molar-refractivity contribution in [2.24, 2.45) is 23.7 Å². The number of hydrogen-bond acceptors (Lipinski definition) is 4. The first-order chi connectivity index (χ1) is 15.6. The lowest BCUT2D eigenvalue weighted by molar-refractivity contribution is 0.0505. The van der Waals surface area contributed by atoms with Gasteiger partial charge in [-0.3, -0.25) is 0 Å². The van der Waals surface area contributed by atoms with Crippen molar-refractivity contribution < 1.29 is 19.7 Å². The highest BCUT2D eigenvalue weighted by atomic mass is 16.5. The fraction of sp³-hybridized carbons (Fsp3) is 0.607. The zero-order chi connectivity index (χ0) is 22.5. The molecule has 32 heavy (non-hydrogen) atoms. The quantitative estimate of drug-likeness (QED) is 0.433. The van der Waals surface area contributed by atoms with Crippen LogP contribution in [0.15, 0.2) is 42.0 Å². The van der Waals surface area contributed by atoms with E-state index in [0.29, 0.717) is 29.9 Å². The Morgan fingerprint density at radius 3 is 2.81 bits per heavy atom. The van der Waals surface area contributed by atoms with Crippen LogP contribution in [0.25, 0.3) is 6.08 Å². The summed E-state index contributed by atoms with van der Waals surface area (Å²) in [6, 6.07) is 7.64. The molecular formula is C28H38O4. The molecule has 0 aliphatic heterocycles. The molecule has 0 saturated heterocycles. The van der Waals surface area contributed by atoms with Gasteiger partial charge in [-0.25, -0.2) is 4.79 Å². The Morgan fingerprint density at radius 2 is 2.03 bits per heavy atom. The van der Waals surface area contributed by atoms with Gasteiger partial charge in [0.15, 0.2) is 0 Å². The van der Waals surface area contributed by atoms with Crippen molar-refractivity contribution in [3.05, 3.63) is 53.1 Å². The minimum absolute atomic E-state index is 0.125. The number of ether oxygens (including phenoxy) is 1. The molecule has 3 saturated carbocycles. The molecule has 0 unspecified atom stereocenters. The van der Waals surface area contributed by atoms with E-state index in [1.165, 1.54) is 24.8 Å². The number of aliphatic hydroxyl groups excluding tert-OH is 2. The van der Waals surface area contributed by atoms with Crippen molar-refractivity contribution in [2.75, 3.05) is 6.61 Å². The second-order valence-electron chi connectivity index (χ2n) is 9.94. The molecule has 3 fully saturated rings. The minimum atomic E-state index is -0.381. The second kappa shape index (κ2) is 10.8. The summed E-state index contributed by atoms with van der Waals surface area (Å²) in [4.78, 5) is 12.2. The highest BCUT2D eigenvalue weighted by molar-refractivity contribution is 5.90. The summed E-state index contributed by atoms with van der Waals surface area (Å²) in [7, 11) is 0. The first-order valence-corrected chi connectivity index (χ1v) is 12.6. The van der Waals surface area contributed by atoms with Gasteiger partial charge in [-0.05, 0) is 74.0 Å². The number of rotatable bonds is 7. The Hall–Kier alpha value is -1.91. The van der Waals surface area contributed by atoms with E-state index in [2.05, 4.69) is 12.2 Å². The van der Waals surface area contributed by atoms with E-state index in [1.54, 1.807) is 6.07 Å². The van der Waals surface area contributed by atoms with E-state index >= 15 is 0 Å². The molecule has 5 atom stereocenters. The maximum Gasteiger partial charge on any atom is 0.338 e. The fourth-order valence-corrected chi connectivity index (χ4v) is 6.06. The molecule has 2 N–H and O–H groups in total. The van der Waals surface area contributed by atoms with Crippen LogP contribution in [0.1, 0.15) is 80.6 Å². The summed E-state index contributed by atoms with van der Waals surface area (Å²) in [5.41, 5.74) is 2.98. The van der Waals surface area contributed by atoms with E-state index in [-0.39, 0.29) is 24.1 Å². The molecule has 0 heterocycles. The molecule has 1 aromatic carbocycles. The van der Waals surface area contributed by atoms with Gasteiger partial charge in [0.2, 0.25) is 0 Å². The standard InChI is InChI=1S/C28H38O4/c1-2-15-32-28(31)22-10-6-7-19(17-22)16-21-11-12-23-24(27(30)18-25(21)23)13-14-26(29)20-8-4-3-5-9-20/h6-7,10,13-14,16-17,20,23-27,29-30H,2-5,8-9,11-12,15,18H2,1H3/b14-13+,21-16?/t23-,24+,25-,26+,27+/m0/s1. The molecule has 3 aliphatic carbocycles. The van der Waals surface area contributed by atoms with Gasteiger partial charge in [-0.15, -0.1) is 0 Å². The highest BCUT2D eigenvalue weighted by Crippen LogP contribution is 2.51. The largest absolute Gasteiger partial charge is 0.462 e. The Balaban J connectivity index is 1.42. The summed E-state index contributed by atoms with van der Waals surface area (Å²) in [5.74, 6) is 1.05. The predicted molar refractivity (Wildman–Crippen MR) is 127 cm³/mol. The first kappa shape index (κ1) is 23.3. The summed E-state index contributed by atoms with van der Waals surface area (Å²) in [6.07, 6.45) is 15.2. The van der Waals surface area contributed by atoms with Gasteiger partial charge < -0.3 is 14.9 Å². The fourth-order valence-electron chi connectivity index (χ4n) is 6.06. The van der Waals surface area contributed by atoms with Crippen molar-refractivity contribution in [1.82, 2.24) is 0 Å². The molecular weight excluding hydrogens is 400 g/mol. The minimum Gasteiger partial charge on any atom is -0.462 e. The summed E-state index contributed by atoms with van der Waals surface area (Å²) in [5, 5.41) is 21.4. The van der Waals surface area contributed by atoms with Crippen molar-refractivity contribution in [1.29, 1.82) is 0 Å². The highest BCUT2D eigenvalue weighted by Gasteiger charge is 2.45. The molecule has 4 heteroatoms. The van der Waals surface area contributed by atoms with Crippen LogP contribution in [-0.2, 0) is 4.74 Å². The van der Waals surface area contributed by atoms with Gasteiger partial charge in [0.25, 0.3) is 0 Å². The monoisotopic (exact) mass is 438 g/mol. The average Bonchev–Trinajstić information content (AvgIpc) is 3.34. The average molecular weight is 439 g/mol. The van der Waals surface area contributed by atoms with E-state index in [0.717, 1.165) is 44.1 Å². The summed E-state index contributed by atoms with van der Waals surface area (Å²) < 4.78 is 5.27. The van der Waals surface area contributed by atoms with Crippen molar-refractivity contribution in [3.8, 4) is 0 Å². The first-order valence-electron chi connectivity index (χ1n) is 12.6. The molecule has 4 rings (SSSR count). The molecule has 4 nitrogen and oxygen atoms in total. The third-order valence-electron chi connectivity index (χ3n) is 7.77. The molecule has 0 spiro atoms. The number of allylic oxidation sites excluding steroid dienone is 1. The van der Waals surface area contributed by atoms with E-state index in [1.807, 2.05) is 31.2 Å². The maximum atomic E-state index is 12.2. The summed E-state index contributed by atoms with van der Waals surface area (Å²) in [6.45, 7) is 2.43. The lowest BCUT2D eigenvalue weighted by Gasteiger charge is -2.25. The van der Waals surface area contributed by atoms with E-state index < -0.39 is 0 Å². The van der Waals surface area contributed by atoms with Crippen molar-refractivity contribution >= 4 is 12.0 Å². The zero-order valence-corrected chi connectivity index (χ0v) is 19.3. The van der Waals surface area contributed by atoms with Crippen molar-refractivity contribution in [2.45, 2.75) is 76.9 Å². The predicted octanol–water partition coefficient (Wildman–Crippen LogP) is 5.54. The number of carbonyl (C=O) groups is 1. The number of esters is 1. The van der Waals surface area contributed by atoms with Gasteiger partial charge in [0, 0.05) is 5.92 Å². The molecule has 0 radical (unpaired) electrons. The number of hydrogen-bond donors (Lipinski definition) is 2.